The highest BCUT2D eigenvalue weighted by atomic mass is 32.2. The minimum absolute atomic E-state index is 0.0568. The van der Waals surface area contributed by atoms with Gasteiger partial charge in [-0.1, -0.05) is 30.0 Å². The summed E-state index contributed by atoms with van der Waals surface area (Å²) in [4.78, 5) is 14.2. The van der Waals surface area contributed by atoms with Crippen molar-refractivity contribution in [3.8, 4) is 0 Å². The second-order valence-electron chi connectivity index (χ2n) is 9.92. The number of sulfonamides is 1. The molecule has 2 heterocycles. The van der Waals surface area contributed by atoms with Crippen molar-refractivity contribution >= 4 is 39.3 Å². The van der Waals surface area contributed by atoms with Crippen molar-refractivity contribution in [2.45, 2.75) is 61.2 Å². The van der Waals surface area contributed by atoms with Crippen LogP contribution in [0.5, 0.6) is 0 Å². The first-order valence-electron chi connectivity index (χ1n) is 11.7. The van der Waals surface area contributed by atoms with Crippen LogP contribution in [0.2, 0.25) is 0 Å². The standard InChI is InChI=1S/C25H33N3O4S2/c1-17(19-11-12-23-21(14-19)27-20-9-5-6-10-22(20)33-23)34(30,31)28-13-7-8-18(16-28)15-26-24(29)32-25(2,3)4/h5-6,9-12,14,17-18,27H,7-8,13,15-16H2,1-4H3,(H,26,29). The molecule has 2 N–H and O–H groups in total. The fourth-order valence-electron chi connectivity index (χ4n) is 4.27. The van der Waals surface area contributed by atoms with Gasteiger partial charge in [0.1, 0.15) is 5.60 Å². The number of carbonyl (C=O) groups is 1. The van der Waals surface area contributed by atoms with Crippen molar-refractivity contribution in [1.82, 2.24) is 9.62 Å². The van der Waals surface area contributed by atoms with Gasteiger partial charge in [0, 0.05) is 29.4 Å². The molecule has 1 fully saturated rings. The summed E-state index contributed by atoms with van der Waals surface area (Å²) in [5.41, 5.74) is 2.16. The number of ether oxygens (including phenoxy) is 1. The third-order valence-electron chi connectivity index (χ3n) is 6.07. The van der Waals surface area contributed by atoms with Crippen molar-refractivity contribution < 1.29 is 17.9 Å². The lowest BCUT2D eigenvalue weighted by molar-refractivity contribution is 0.0513. The summed E-state index contributed by atoms with van der Waals surface area (Å²) in [6.07, 6.45) is 1.17. The van der Waals surface area contributed by atoms with Crippen LogP contribution in [0, 0.1) is 5.92 Å². The van der Waals surface area contributed by atoms with Gasteiger partial charge in [-0.05, 0) is 76.3 Å². The summed E-state index contributed by atoms with van der Waals surface area (Å²) < 4.78 is 33.9. The molecule has 0 radical (unpaired) electrons. The largest absolute Gasteiger partial charge is 0.444 e. The maximum Gasteiger partial charge on any atom is 0.407 e. The van der Waals surface area contributed by atoms with E-state index in [1.807, 2.05) is 57.2 Å². The molecule has 0 saturated carbocycles. The van der Waals surface area contributed by atoms with Gasteiger partial charge in [-0.25, -0.2) is 17.5 Å². The van der Waals surface area contributed by atoms with Crippen molar-refractivity contribution in [2.24, 2.45) is 5.92 Å². The number of hydrogen-bond donors (Lipinski definition) is 2. The SMILES string of the molecule is CC(c1ccc2c(c1)Nc1ccccc1S2)S(=O)(=O)N1CCCC(CNC(=O)OC(C)(C)C)C1. The molecule has 1 amide bonds. The zero-order chi connectivity index (χ0) is 24.5. The van der Waals surface area contributed by atoms with Crippen molar-refractivity contribution in [2.75, 3.05) is 25.0 Å². The molecule has 34 heavy (non-hydrogen) atoms. The van der Waals surface area contributed by atoms with Gasteiger partial charge in [0.05, 0.1) is 16.6 Å². The summed E-state index contributed by atoms with van der Waals surface area (Å²) in [7, 11) is -3.55. The molecule has 0 aromatic heterocycles. The number of para-hydroxylation sites is 1. The zero-order valence-electron chi connectivity index (χ0n) is 20.1. The molecule has 0 aliphatic carbocycles. The summed E-state index contributed by atoms with van der Waals surface area (Å²) >= 11 is 1.68. The van der Waals surface area contributed by atoms with Gasteiger partial charge >= 0.3 is 6.09 Å². The Labute approximate surface area is 206 Å². The number of carbonyl (C=O) groups excluding carboxylic acids is 1. The van der Waals surface area contributed by atoms with E-state index in [1.165, 1.54) is 0 Å². The predicted octanol–water partition coefficient (Wildman–Crippen LogP) is 5.52. The highest BCUT2D eigenvalue weighted by molar-refractivity contribution is 7.99. The van der Waals surface area contributed by atoms with Gasteiger partial charge in [0.25, 0.3) is 0 Å². The first-order valence-corrected chi connectivity index (χ1v) is 14.0. The van der Waals surface area contributed by atoms with Crippen molar-refractivity contribution in [3.63, 3.8) is 0 Å². The van der Waals surface area contributed by atoms with E-state index in [4.69, 9.17) is 4.74 Å². The normalized spacial score (nSPS) is 19.4. The molecule has 2 atom stereocenters. The monoisotopic (exact) mass is 503 g/mol. The van der Waals surface area contributed by atoms with Gasteiger partial charge in [-0.2, -0.15) is 0 Å². The molecule has 2 aliphatic rings. The maximum atomic E-state index is 13.5. The van der Waals surface area contributed by atoms with Crippen LogP contribution in [0.4, 0.5) is 16.2 Å². The molecule has 184 valence electrons. The predicted molar refractivity (Wildman–Crippen MR) is 136 cm³/mol. The maximum absolute atomic E-state index is 13.5. The van der Waals surface area contributed by atoms with E-state index in [0.29, 0.717) is 19.6 Å². The number of benzene rings is 2. The van der Waals surface area contributed by atoms with Crippen LogP contribution in [0.25, 0.3) is 0 Å². The number of hydrogen-bond acceptors (Lipinski definition) is 6. The van der Waals surface area contributed by atoms with E-state index in [0.717, 1.165) is 39.6 Å². The number of fused-ring (bicyclic) bond motifs is 2. The molecule has 9 heteroatoms. The van der Waals surface area contributed by atoms with E-state index >= 15 is 0 Å². The Balaban J connectivity index is 1.42. The van der Waals surface area contributed by atoms with Crippen LogP contribution >= 0.6 is 11.8 Å². The Kier molecular flexibility index (Phi) is 7.17. The minimum atomic E-state index is -3.55. The number of rotatable bonds is 5. The molecule has 2 aliphatic heterocycles. The highest BCUT2D eigenvalue weighted by Gasteiger charge is 2.34. The topological polar surface area (TPSA) is 87.7 Å². The Morgan fingerprint density at radius 1 is 1.21 bits per heavy atom. The summed E-state index contributed by atoms with van der Waals surface area (Å²) in [5.74, 6) is 0.0568. The minimum Gasteiger partial charge on any atom is -0.444 e. The number of nitrogens with one attached hydrogen (secondary N) is 2. The molecule has 1 saturated heterocycles. The van der Waals surface area contributed by atoms with Gasteiger partial charge in [-0.15, -0.1) is 0 Å². The molecule has 0 bridgehead atoms. The summed E-state index contributed by atoms with van der Waals surface area (Å²) in [6, 6.07) is 13.9. The lowest BCUT2D eigenvalue weighted by atomic mass is 10.00. The number of anilines is 2. The van der Waals surface area contributed by atoms with E-state index in [1.54, 1.807) is 23.0 Å². The fraction of sp³-hybridized carbons (Fsp3) is 0.480. The summed E-state index contributed by atoms with van der Waals surface area (Å²) in [5, 5.41) is 5.56. The van der Waals surface area contributed by atoms with Crippen LogP contribution in [0.1, 0.15) is 51.3 Å². The van der Waals surface area contributed by atoms with Crippen molar-refractivity contribution in [1.29, 1.82) is 0 Å². The van der Waals surface area contributed by atoms with Crippen LogP contribution < -0.4 is 10.6 Å². The average Bonchev–Trinajstić information content (AvgIpc) is 2.79. The number of alkyl carbamates (subject to hydrolysis) is 1. The first kappa shape index (κ1) is 24.9. The molecule has 4 rings (SSSR count). The van der Waals surface area contributed by atoms with Crippen LogP contribution in [-0.4, -0.2) is 44.1 Å². The number of nitrogens with zero attached hydrogens (tertiary/aromatic N) is 1. The zero-order valence-corrected chi connectivity index (χ0v) is 21.8. The van der Waals surface area contributed by atoms with E-state index < -0.39 is 27.0 Å². The molecule has 2 unspecified atom stereocenters. The van der Waals surface area contributed by atoms with E-state index in [9.17, 15) is 13.2 Å². The van der Waals surface area contributed by atoms with Crippen LogP contribution in [0.15, 0.2) is 52.3 Å². The Morgan fingerprint density at radius 2 is 1.94 bits per heavy atom. The van der Waals surface area contributed by atoms with Crippen molar-refractivity contribution in [3.05, 3.63) is 48.0 Å². The Hall–Kier alpha value is -2.23. The molecule has 0 spiro atoms. The fourth-order valence-corrected chi connectivity index (χ4v) is 6.98. The molecule has 7 nitrogen and oxygen atoms in total. The van der Waals surface area contributed by atoms with Gasteiger partial charge in [-0.3, -0.25) is 0 Å². The molecule has 2 aromatic carbocycles. The Morgan fingerprint density at radius 3 is 2.71 bits per heavy atom. The number of piperidine rings is 1. The van der Waals surface area contributed by atoms with Gasteiger partial charge < -0.3 is 15.4 Å². The van der Waals surface area contributed by atoms with Gasteiger partial charge in [0.2, 0.25) is 10.0 Å². The molecular formula is C25H33N3O4S2. The Bertz CT molecular complexity index is 1160. The number of amides is 1. The lowest BCUT2D eigenvalue weighted by Gasteiger charge is -2.34. The third-order valence-corrected chi connectivity index (χ3v) is 9.44. The quantitative estimate of drug-likeness (QED) is 0.477. The molecule has 2 aromatic rings. The van der Waals surface area contributed by atoms with Crippen LogP contribution in [-0.2, 0) is 14.8 Å². The highest BCUT2D eigenvalue weighted by Crippen LogP contribution is 2.45. The molecular weight excluding hydrogens is 470 g/mol. The van der Waals surface area contributed by atoms with Gasteiger partial charge in [0.15, 0.2) is 0 Å². The second-order valence-corrected chi connectivity index (χ2v) is 13.3. The van der Waals surface area contributed by atoms with Crippen LogP contribution in [0.3, 0.4) is 0 Å². The first-order chi connectivity index (χ1) is 16.0. The summed E-state index contributed by atoms with van der Waals surface area (Å²) in [6.45, 7) is 8.50. The third kappa shape index (κ3) is 5.70. The lowest BCUT2D eigenvalue weighted by Crippen LogP contribution is -2.45. The smallest absolute Gasteiger partial charge is 0.407 e. The van der Waals surface area contributed by atoms with E-state index in [-0.39, 0.29) is 5.92 Å². The van der Waals surface area contributed by atoms with E-state index in [2.05, 4.69) is 16.7 Å². The average molecular weight is 504 g/mol. The second kappa shape index (κ2) is 9.79.